The van der Waals surface area contributed by atoms with Crippen molar-refractivity contribution in [3.63, 3.8) is 0 Å². The number of carbonyl (C=O) groups excluding carboxylic acids is 6. The molecule has 3 fully saturated rings. The van der Waals surface area contributed by atoms with E-state index in [4.69, 9.17) is 33.2 Å². The molecule has 0 radical (unpaired) electrons. The van der Waals surface area contributed by atoms with Gasteiger partial charge in [-0.15, -0.1) is 0 Å². The molecule has 4 N–H and O–H groups in total. The van der Waals surface area contributed by atoms with Crippen LogP contribution in [0.25, 0.3) is 0 Å². The van der Waals surface area contributed by atoms with E-state index in [0.29, 0.717) is 11.3 Å². The van der Waals surface area contributed by atoms with Gasteiger partial charge in [-0.25, -0.2) is 19.2 Å². The Bertz CT molecular complexity index is 2290. The third kappa shape index (κ3) is 8.97. The predicted molar refractivity (Wildman–Crippen MR) is 234 cm³/mol. The standard InChI is InChI=1S/C49H61NO16/c1-25(2)21-31(50-44(58)66-45(5,6)7)36(53)43(57)62-32-23-49(59)40(64-42(56)28-15-13-12-14-16-28)38-47(10,33(52)22-34-48(38,24-61-34)65-27(4)51)39(54)37(35(26(32)3)46(49,8)9)63-41(55)29-17-19-30(60-11)20-18-29/h12-21,31-34,36-38,40,52-53,59H,22-24H2,1-11H3,(H,50,58)/t31-,32-,33-,34+,36+,37+,38?,40-,47+,48-,49+/m0/s1. The summed E-state index contributed by atoms with van der Waals surface area (Å²) in [5.74, 6) is -6.09. The molecule has 1 saturated heterocycles. The number of Topliss-reactive ketones (excluding diaryl/α,β-unsaturated/α-hetero) is 1. The molecule has 0 spiro atoms. The van der Waals surface area contributed by atoms with Gasteiger partial charge in [0.1, 0.15) is 35.3 Å². The van der Waals surface area contributed by atoms with Gasteiger partial charge in [0.05, 0.1) is 48.3 Å². The molecular formula is C49H61NO16. The number of hydrogen-bond acceptors (Lipinski definition) is 16. The van der Waals surface area contributed by atoms with Crippen molar-refractivity contribution in [2.24, 2.45) is 16.7 Å². The van der Waals surface area contributed by atoms with Crippen LogP contribution in [0, 0.1) is 16.7 Å². The Morgan fingerprint density at radius 1 is 0.909 bits per heavy atom. The second-order valence-corrected chi connectivity index (χ2v) is 19.6. The lowest BCUT2D eigenvalue weighted by molar-refractivity contribution is -0.345. The van der Waals surface area contributed by atoms with E-state index in [-0.39, 0.29) is 35.3 Å². The number of ether oxygens (including phenoxy) is 7. The van der Waals surface area contributed by atoms with Crippen LogP contribution in [0.4, 0.5) is 4.79 Å². The number of allylic oxidation sites excluding steroid dienone is 1. The number of nitrogens with one attached hydrogen (secondary N) is 1. The van der Waals surface area contributed by atoms with E-state index in [1.54, 1.807) is 66.7 Å². The minimum absolute atomic E-state index is 0.00564. The lowest BCUT2D eigenvalue weighted by atomic mass is 9.44. The third-order valence-corrected chi connectivity index (χ3v) is 13.5. The topological polar surface area (TPSA) is 240 Å². The molecule has 66 heavy (non-hydrogen) atoms. The van der Waals surface area contributed by atoms with Gasteiger partial charge in [0, 0.05) is 25.2 Å². The van der Waals surface area contributed by atoms with Crippen LogP contribution >= 0.6 is 0 Å². The number of fused-ring (bicyclic) bond motifs is 5. The van der Waals surface area contributed by atoms with Gasteiger partial charge < -0.3 is 53.8 Å². The molecule has 1 unspecified atom stereocenters. The smallest absolute Gasteiger partial charge is 0.408 e. The van der Waals surface area contributed by atoms with Crippen molar-refractivity contribution in [1.82, 2.24) is 5.32 Å². The Morgan fingerprint density at radius 3 is 2.06 bits per heavy atom. The Kier molecular flexibility index (Phi) is 13.8. The van der Waals surface area contributed by atoms with Crippen LogP contribution in [-0.2, 0) is 42.8 Å². The highest BCUT2D eigenvalue weighted by Crippen LogP contribution is 2.64. The minimum Gasteiger partial charge on any atom is -0.497 e. The molecule has 17 nitrogen and oxygen atoms in total. The van der Waals surface area contributed by atoms with Crippen LogP contribution in [0.15, 0.2) is 77.4 Å². The summed E-state index contributed by atoms with van der Waals surface area (Å²) in [7, 11) is 1.45. The average molecular weight is 920 g/mol. The molecule has 4 aliphatic rings. The van der Waals surface area contributed by atoms with E-state index < -0.39 is 118 Å². The molecule has 2 aromatic rings. The van der Waals surface area contributed by atoms with Crippen molar-refractivity contribution in [2.75, 3.05) is 13.7 Å². The molecule has 6 rings (SSSR count). The second kappa shape index (κ2) is 18.2. The Hall–Kier alpha value is -5.62. The number of hydrogen-bond donors (Lipinski definition) is 4. The SMILES string of the molecule is COc1ccc(C(=O)O[C@H]2C(=O)[C@@]3(C)C([C@H](OC(=O)c4ccccc4)[C@]4(O)C[C@H](OC(=O)[C@H](O)[C@H](C=C(C)C)NC(=O)OC(C)(C)C)C(C)=C2C4(C)C)[C@]2(OC(C)=O)CO[C@@H]2C[C@@H]3O)cc1. The number of benzene rings is 2. The first-order chi connectivity index (χ1) is 30.7. The Balaban J connectivity index is 1.58. The highest BCUT2D eigenvalue weighted by molar-refractivity contribution is 5.98. The summed E-state index contributed by atoms with van der Waals surface area (Å²) < 4.78 is 41.4. The van der Waals surface area contributed by atoms with E-state index in [1.807, 2.05) is 0 Å². The lowest BCUT2D eigenvalue weighted by Crippen LogP contribution is -2.82. The molecule has 17 heteroatoms. The van der Waals surface area contributed by atoms with Crippen LogP contribution < -0.4 is 10.1 Å². The van der Waals surface area contributed by atoms with Gasteiger partial charge in [0.25, 0.3) is 0 Å². The first-order valence-electron chi connectivity index (χ1n) is 21.8. The summed E-state index contributed by atoms with van der Waals surface area (Å²) in [5.41, 5.74) is -8.31. The second-order valence-electron chi connectivity index (χ2n) is 19.6. The van der Waals surface area contributed by atoms with Crippen LogP contribution in [0.2, 0.25) is 0 Å². The third-order valence-electron chi connectivity index (χ3n) is 13.5. The monoisotopic (exact) mass is 919 g/mol. The summed E-state index contributed by atoms with van der Waals surface area (Å²) in [4.78, 5) is 84.8. The summed E-state index contributed by atoms with van der Waals surface area (Å²) in [6.07, 6.45) is -10.4. The fourth-order valence-electron chi connectivity index (χ4n) is 10.1. The summed E-state index contributed by atoms with van der Waals surface area (Å²) in [5, 5.41) is 40.2. The van der Waals surface area contributed by atoms with Crippen molar-refractivity contribution < 1.29 is 77.2 Å². The normalized spacial score (nSPS) is 30.8. The van der Waals surface area contributed by atoms with Gasteiger partial charge in [-0.3, -0.25) is 9.59 Å². The Labute approximate surface area is 383 Å². The minimum atomic E-state index is -2.45. The number of carbonyl (C=O) groups is 6. The number of aliphatic hydroxyl groups is 3. The summed E-state index contributed by atoms with van der Waals surface area (Å²) in [6.45, 7) is 15.1. The zero-order valence-corrected chi connectivity index (χ0v) is 39.2. The van der Waals surface area contributed by atoms with Crippen molar-refractivity contribution in [1.29, 1.82) is 0 Å². The molecule has 1 aliphatic heterocycles. The molecule has 2 aromatic carbocycles. The van der Waals surface area contributed by atoms with Gasteiger partial charge in [-0.1, -0.05) is 43.7 Å². The maximum absolute atomic E-state index is 15.9. The average Bonchev–Trinajstić information content (AvgIpc) is 3.23. The van der Waals surface area contributed by atoms with E-state index in [2.05, 4.69) is 5.32 Å². The molecule has 0 aromatic heterocycles. The van der Waals surface area contributed by atoms with Gasteiger partial charge in [0.15, 0.2) is 23.6 Å². The predicted octanol–water partition coefficient (Wildman–Crippen LogP) is 4.73. The molecule has 2 bridgehead atoms. The first kappa shape index (κ1) is 49.8. The van der Waals surface area contributed by atoms with E-state index >= 15 is 4.79 Å². The highest BCUT2D eigenvalue weighted by Gasteiger charge is 2.78. The van der Waals surface area contributed by atoms with Crippen LogP contribution in [0.3, 0.4) is 0 Å². The fourth-order valence-corrected chi connectivity index (χ4v) is 10.1. The Morgan fingerprint density at radius 2 is 1.52 bits per heavy atom. The number of methoxy groups -OCH3 is 1. The quantitative estimate of drug-likeness (QED) is 0.135. The number of alkyl carbamates (subject to hydrolysis) is 1. The molecule has 1 heterocycles. The van der Waals surface area contributed by atoms with Crippen LogP contribution in [0.1, 0.15) is 103 Å². The number of rotatable bonds is 11. The number of esters is 4. The summed E-state index contributed by atoms with van der Waals surface area (Å²) in [6, 6.07) is 12.3. The largest absolute Gasteiger partial charge is 0.497 e. The maximum Gasteiger partial charge on any atom is 0.408 e. The van der Waals surface area contributed by atoms with Crippen molar-refractivity contribution in [3.8, 4) is 5.75 Å². The number of ketones is 1. The molecule has 358 valence electrons. The van der Waals surface area contributed by atoms with Gasteiger partial charge in [-0.05, 0) is 96.0 Å². The van der Waals surface area contributed by atoms with Crippen LogP contribution in [-0.4, -0.2) is 124 Å². The van der Waals surface area contributed by atoms with E-state index in [1.165, 1.54) is 63.4 Å². The van der Waals surface area contributed by atoms with E-state index in [9.17, 15) is 39.3 Å². The van der Waals surface area contributed by atoms with Gasteiger partial charge in [0.2, 0.25) is 0 Å². The zero-order valence-electron chi connectivity index (χ0n) is 39.2. The van der Waals surface area contributed by atoms with Gasteiger partial charge >= 0.3 is 30.0 Å². The highest BCUT2D eigenvalue weighted by atomic mass is 16.6. The van der Waals surface area contributed by atoms with E-state index in [0.717, 1.165) is 6.92 Å². The fraction of sp³-hybridized carbons (Fsp3) is 0.551. The first-order valence-corrected chi connectivity index (χ1v) is 21.8. The summed E-state index contributed by atoms with van der Waals surface area (Å²) >= 11 is 0. The number of aliphatic hydroxyl groups excluding tert-OH is 2. The van der Waals surface area contributed by atoms with Gasteiger partial charge in [-0.2, -0.15) is 0 Å². The van der Waals surface area contributed by atoms with Crippen molar-refractivity contribution >= 4 is 35.8 Å². The molecule has 2 saturated carbocycles. The van der Waals surface area contributed by atoms with Crippen molar-refractivity contribution in [2.45, 2.75) is 142 Å². The maximum atomic E-state index is 15.9. The molecule has 3 aliphatic carbocycles. The lowest BCUT2D eigenvalue weighted by Gasteiger charge is -2.67. The van der Waals surface area contributed by atoms with Crippen molar-refractivity contribution in [3.05, 3.63) is 88.5 Å². The molecule has 1 amide bonds. The number of amides is 1. The van der Waals surface area contributed by atoms with Crippen LogP contribution in [0.5, 0.6) is 5.75 Å². The molecule has 11 atom stereocenters. The molecular weight excluding hydrogens is 859 g/mol. The zero-order chi connectivity index (χ0) is 48.9.